The second kappa shape index (κ2) is 69.8. The van der Waals surface area contributed by atoms with E-state index in [-0.39, 0.29) is 37.5 Å². The van der Waals surface area contributed by atoms with Crippen molar-refractivity contribution < 1.29 is 28.6 Å². The van der Waals surface area contributed by atoms with E-state index in [2.05, 4.69) is 167 Å². The lowest BCUT2D eigenvalue weighted by molar-refractivity contribution is -0.167. The van der Waals surface area contributed by atoms with E-state index in [0.29, 0.717) is 12.8 Å². The Balaban J connectivity index is 4.24. The van der Waals surface area contributed by atoms with Gasteiger partial charge in [-0.15, -0.1) is 0 Å². The van der Waals surface area contributed by atoms with Gasteiger partial charge in [0.05, 0.1) is 0 Å². The van der Waals surface area contributed by atoms with Gasteiger partial charge in [-0.3, -0.25) is 14.4 Å². The van der Waals surface area contributed by atoms with Crippen molar-refractivity contribution in [3.8, 4) is 0 Å². The molecule has 0 fully saturated rings. The molecule has 0 spiro atoms. The van der Waals surface area contributed by atoms with Crippen LogP contribution in [-0.2, 0) is 28.6 Å². The standard InChI is InChI=1S/C77H126O6/c1-4-7-10-13-16-19-22-25-27-29-31-32-33-34-35-36-37-38-39-40-41-42-43-44-46-47-49-52-55-58-61-64-67-70-76(79)82-73-74(72-81-75(78)69-66-63-60-57-54-51-24-21-18-15-12-9-6-3)83-77(80)71-68-65-62-59-56-53-50-48-45-30-28-26-23-20-17-14-11-8-5-2/h7-12,16-21,25-28,31-32,45,48,51,53-54,56,74H,4-6,13-15,22-24,29-30,33-44,46-47,49-50,52,55,57-73H2,1-3H3/b10-7-,11-8-,12-9-,19-16-,20-17-,21-18-,27-25-,28-26-,32-31-,48-45-,54-51-,56-53-. The predicted molar refractivity (Wildman–Crippen MR) is 362 cm³/mol. The van der Waals surface area contributed by atoms with Gasteiger partial charge < -0.3 is 14.2 Å². The van der Waals surface area contributed by atoms with Crippen molar-refractivity contribution in [1.82, 2.24) is 0 Å². The molecule has 0 amide bonds. The van der Waals surface area contributed by atoms with Crippen molar-refractivity contribution in [2.75, 3.05) is 13.2 Å². The smallest absolute Gasteiger partial charge is 0.306 e. The molecule has 0 aliphatic rings. The van der Waals surface area contributed by atoms with Gasteiger partial charge in [0.15, 0.2) is 6.10 Å². The molecule has 0 radical (unpaired) electrons. The summed E-state index contributed by atoms with van der Waals surface area (Å²) < 4.78 is 16.9. The van der Waals surface area contributed by atoms with E-state index < -0.39 is 6.10 Å². The third-order valence-corrected chi connectivity index (χ3v) is 14.3. The summed E-state index contributed by atoms with van der Waals surface area (Å²) in [4.78, 5) is 38.3. The highest BCUT2D eigenvalue weighted by Crippen LogP contribution is 2.17. The number of carbonyl (C=O) groups is 3. The molecule has 6 heteroatoms. The average molecular weight is 1150 g/mol. The van der Waals surface area contributed by atoms with Crippen molar-refractivity contribution in [3.63, 3.8) is 0 Å². The third-order valence-electron chi connectivity index (χ3n) is 14.3. The number of hydrogen-bond acceptors (Lipinski definition) is 6. The molecule has 1 unspecified atom stereocenters. The fourth-order valence-electron chi connectivity index (χ4n) is 9.30. The summed E-state index contributed by atoms with van der Waals surface area (Å²) in [6, 6.07) is 0. The minimum atomic E-state index is -0.813. The topological polar surface area (TPSA) is 78.9 Å². The van der Waals surface area contributed by atoms with E-state index in [1.807, 2.05) is 0 Å². The highest BCUT2D eigenvalue weighted by molar-refractivity contribution is 5.71. The van der Waals surface area contributed by atoms with Crippen LogP contribution in [-0.4, -0.2) is 37.2 Å². The van der Waals surface area contributed by atoms with Crippen LogP contribution in [0.3, 0.4) is 0 Å². The Morgan fingerprint density at radius 1 is 0.241 bits per heavy atom. The fraction of sp³-hybridized carbons (Fsp3) is 0.649. The molecule has 0 aromatic rings. The average Bonchev–Trinajstić information content (AvgIpc) is 3.49. The Morgan fingerprint density at radius 3 is 0.687 bits per heavy atom. The Hall–Kier alpha value is -4.71. The first-order chi connectivity index (χ1) is 41.0. The summed E-state index contributed by atoms with van der Waals surface area (Å²) in [7, 11) is 0. The normalized spacial score (nSPS) is 13.0. The first-order valence-electron chi connectivity index (χ1n) is 34.3. The van der Waals surface area contributed by atoms with Crippen LogP contribution in [0, 0.1) is 0 Å². The van der Waals surface area contributed by atoms with Gasteiger partial charge in [-0.05, 0) is 135 Å². The van der Waals surface area contributed by atoms with Gasteiger partial charge in [0.2, 0.25) is 0 Å². The van der Waals surface area contributed by atoms with Crippen molar-refractivity contribution in [1.29, 1.82) is 0 Å². The zero-order chi connectivity index (χ0) is 59.9. The van der Waals surface area contributed by atoms with E-state index in [4.69, 9.17) is 14.2 Å². The molecular formula is C77H126O6. The lowest BCUT2D eigenvalue weighted by Gasteiger charge is -2.18. The summed E-state index contributed by atoms with van der Waals surface area (Å²) in [6.45, 7) is 6.26. The minimum Gasteiger partial charge on any atom is -0.462 e. The molecular weight excluding hydrogens is 1020 g/mol. The molecule has 83 heavy (non-hydrogen) atoms. The quantitative estimate of drug-likeness (QED) is 0.0261. The molecule has 470 valence electrons. The lowest BCUT2D eigenvalue weighted by atomic mass is 10.0. The van der Waals surface area contributed by atoms with Gasteiger partial charge in [0, 0.05) is 19.3 Å². The third kappa shape index (κ3) is 68.0. The second-order valence-electron chi connectivity index (χ2n) is 22.3. The molecule has 0 bridgehead atoms. The highest BCUT2D eigenvalue weighted by atomic mass is 16.6. The molecule has 0 rings (SSSR count). The summed E-state index contributed by atoms with van der Waals surface area (Å²) in [6.07, 6.45) is 100. The molecule has 0 aromatic carbocycles. The van der Waals surface area contributed by atoms with E-state index in [9.17, 15) is 14.4 Å². The number of unbranched alkanes of at least 4 members (excludes halogenated alkanes) is 26. The Kier molecular flexibility index (Phi) is 65.8. The maximum Gasteiger partial charge on any atom is 0.306 e. The second-order valence-corrected chi connectivity index (χ2v) is 22.3. The van der Waals surface area contributed by atoms with E-state index in [0.717, 1.165) is 148 Å². The molecule has 1 atom stereocenters. The van der Waals surface area contributed by atoms with Gasteiger partial charge >= 0.3 is 17.9 Å². The van der Waals surface area contributed by atoms with Gasteiger partial charge in [0.1, 0.15) is 13.2 Å². The Bertz CT molecular complexity index is 1800. The maximum atomic E-state index is 12.9. The van der Waals surface area contributed by atoms with Gasteiger partial charge in [-0.2, -0.15) is 0 Å². The maximum absolute atomic E-state index is 12.9. The Morgan fingerprint density at radius 2 is 0.434 bits per heavy atom. The van der Waals surface area contributed by atoms with E-state index in [1.54, 1.807) is 0 Å². The minimum absolute atomic E-state index is 0.103. The van der Waals surface area contributed by atoms with Crippen LogP contribution in [0.4, 0.5) is 0 Å². The molecule has 0 N–H and O–H groups in total. The first-order valence-corrected chi connectivity index (χ1v) is 34.3. The van der Waals surface area contributed by atoms with Crippen molar-refractivity contribution >= 4 is 17.9 Å². The highest BCUT2D eigenvalue weighted by Gasteiger charge is 2.19. The van der Waals surface area contributed by atoms with Crippen molar-refractivity contribution in [3.05, 3.63) is 146 Å². The zero-order valence-corrected chi connectivity index (χ0v) is 53.9. The molecule has 0 aliphatic carbocycles. The largest absolute Gasteiger partial charge is 0.462 e. The molecule has 0 aliphatic heterocycles. The monoisotopic (exact) mass is 1150 g/mol. The van der Waals surface area contributed by atoms with Crippen LogP contribution in [0.5, 0.6) is 0 Å². The van der Waals surface area contributed by atoms with Crippen LogP contribution in [0.1, 0.15) is 303 Å². The molecule has 0 saturated carbocycles. The molecule has 0 saturated heterocycles. The summed E-state index contributed by atoms with van der Waals surface area (Å²) in [5.74, 6) is -0.962. The number of carbonyl (C=O) groups excluding carboxylic acids is 3. The Labute approximate surface area is 512 Å². The molecule has 6 nitrogen and oxygen atoms in total. The number of rotatable bonds is 61. The SMILES string of the molecule is CC/C=C\C/C=C\C/C=C\C/C=C\C/C=C\CCCCCC(=O)OC(COC(=O)CCCCC/C=C\C/C=C\C/C=C\CC)COC(=O)CCCCCCCCCCCCCCCCCCCCCC/C=C\C/C=C\C/C=C\C/C=C\CC. The first kappa shape index (κ1) is 78.3. The predicted octanol–water partition coefficient (Wildman–Crippen LogP) is 23.9. The lowest BCUT2D eigenvalue weighted by Crippen LogP contribution is -2.30. The van der Waals surface area contributed by atoms with Gasteiger partial charge in [-0.1, -0.05) is 295 Å². The van der Waals surface area contributed by atoms with Crippen molar-refractivity contribution in [2.24, 2.45) is 0 Å². The van der Waals surface area contributed by atoms with Crippen LogP contribution >= 0.6 is 0 Å². The van der Waals surface area contributed by atoms with Crippen LogP contribution in [0.25, 0.3) is 0 Å². The van der Waals surface area contributed by atoms with Gasteiger partial charge in [0.25, 0.3) is 0 Å². The van der Waals surface area contributed by atoms with Crippen molar-refractivity contribution in [2.45, 2.75) is 309 Å². The fourth-order valence-corrected chi connectivity index (χ4v) is 9.30. The van der Waals surface area contributed by atoms with E-state index in [1.165, 1.54) is 116 Å². The summed E-state index contributed by atoms with van der Waals surface area (Å²) >= 11 is 0. The summed E-state index contributed by atoms with van der Waals surface area (Å²) in [5, 5.41) is 0. The molecule has 0 aromatic heterocycles. The van der Waals surface area contributed by atoms with Gasteiger partial charge in [-0.25, -0.2) is 0 Å². The number of allylic oxidation sites excluding steroid dienone is 24. The zero-order valence-electron chi connectivity index (χ0n) is 53.9. The molecule has 0 heterocycles. The number of esters is 3. The van der Waals surface area contributed by atoms with E-state index >= 15 is 0 Å². The number of ether oxygens (including phenoxy) is 3. The van der Waals surface area contributed by atoms with Crippen LogP contribution in [0.2, 0.25) is 0 Å². The van der Waals surface area contributed by atoms with Crippen LogP contribution < -0.4 is 0 Å². The number of hydrogen-bond donors (Lipinski definition) is 0. The van der Waals surface area contributed by atoms with Crippen LogP contribution in [0.15, 0.2) is 146 Å². The summed E-state index contributed by atoms with van der Waals surface area (Å²) in [5.41, 5.74) is 0.